The predicted octanol–water partition coefficient (Wildman–Crippen LogP) is 2.24. The summed E-state index contributed by atoms with van der Waals surface area (Å²) in [7, 11) is 0. The second-order valence-electron chi connectivity index (χ2n) is 6.10. The summed E-state index contributed by atoms with van der Waals surface area (Å²) >= 11 is 5.29. The number of anilines is 2. The molecule has 0 bridgehead atoms. The van der Waals surface area contributed by atoms with Gasteiger partial charge >= 0.3 is 165 Å². The van der Waals surface area contributed by atoms with E-state index in [9.17, 15) is 0 Å². The molecule has 0 saturated heterocycles. The van der Waals surface area contributed by atoms with Gasteiger partial charge in [-0.15, -0.1) is 0 Å². The van der Waals surface area contributed by atoms with Crippen molar-refractivity contribution < 1.29 is 0 Å². The molecule has 0 aromatic heterocycles. The topological polar surface area (TPSA) is 6.48 Å². The molecule has 2 nitrogen and oxygen atoms in total. The van der Waals surface area contributed by atoms with Gasteiger partial charge in [-0.3, -0.25) is 0 Å². The van der Waals surface area contributed by atoms with Crippen molar-refractivity contribution in [1.29, 1.82) is 0 Å². The van der Waals surface area contributed by atoms with Crippen LogP contribution in [0.25, 0.3) is 0 Å². The number of likely N-dealkylation sites (N-methyl/N-ethyl adjacent to an activating group) is 2. The SMILES string of the molecule is CCN(CCN(CC)c1ccc([As])c(C)c1)c1ccc([As])c(C)c1. The van der Waals surface area contributed by atoms with Crippen LogP contribution in [0.15, 0.2) is 36.4 Å². The molecule has 0 aliphatic carbocycles. The minimum atomic E-state index is 1.03. The Hall–Kier alpha value is -0.843. The van der Waals surface area contributed by atoms with Crippen LogP contribution in [0.1, 0.15) is 25.0 Å². The van der Waals surface area contributed by atoms with E-state index in [1.807, 2.05) is 0 Å². The Kier molecular flexibility index (Phi) is 7.32. The number of hydrogen-bond acceptors (Lipinski definition) is 2. The standard InChI is InChI=1S/C20H26As2N2/c1-5-23(17-7-9-19(21)15(3)13-17)11-12-24(6-2)18-8-10-20(22)16(4)14-18/h7-10,13-14H,5-6,11-12H2,1-4H3. The monoisotopic (exact) mass is 444 g/mol. The fraction of sp³-hybridized carbons (Fsp3) is 0.400. The summed E-state index contributed by atoms with van der Waals surface area (Å²) in [5, 5.41) is 0. The number of aryl methyl sites for hydroxylation is 2. The second-order valence-corrected chi connectivity index (χ2v) is 8.12. The Labute approximate surface area is 164 Å². The second kappa shape index (κ2) is 9.02. The van der Waals surface area contributed by atoms with E-state index in [0.717, 1.165) is 26.2 Å². The molecule has 2 aromatic rings. The Morgan fingerprint density at radius 3 is 1.38 bits per heavy atom. The quantitative estimate of drug-likeness (QED) is 0.605. The summed E-state index contributed by atoms with van der Waals surface area (Å²) < 4.78 is 2.59. The molecule has 0 fully saturated rings. The molecule has 4 heteroatoms. The molecule has 0 amide bonds. The molecule has 0 unspecified atom stereocenters. The van der Waals surface area contributed by atoms with Crippen LogP contribution < -0.4 is 18.5 Å². The normalized spacial score (nSPS) is 10.8. The van der Waals surface area contributed by atoms with Gasteiger partial charge in [-0.1, -0.05) is 0 Å². The summed E-state index contributed by atoms with van der Waals surface area (Å²) in [5.74, 6) is 0. The van der Waals surface area contributed by atoms with Gasteiger partial charge in [0.15, 0.2) is 0 Å². The van der Waals surface area contributed by atoms with Crippen molar-refractivity contribution in [3.63, 3.8) is 0 Å². The molecule has 0 aliphatic heterocycles. The maximum atomic E-state index is 2.65. The van der Waals surface area contributed by atoms with Crippen LogP contribution in [0, 0.1) is 13.8 Å². The fourth-order valence-electron chi connectivity index (χ4n) is 2.85. The van der Waals surface area contributed by atoms with Crippen LogP contribution >= 0.6 is 0 Å². The van der Waals surface area contributed by atoms with E-state index in [4.69, 9.17) is 0 Å². The maximum absolute atomic E-state index is 2.65. The van der Waals surface area contributed by atoms with Gasteiger partial charge in [0.1, 0.15) is 0 Å². The third kappa shape index (κ3) is 4.84. The van der Waals surface area contributed by atoms with E-state index in [-0.39, 0.29) is 0 Å². The number of rotatable bonds is 7. The van der Waals surface area contributed by atoms with Crippen molar-refractivity contribution in [3.8, 4) is 0 Å². The number of nitrogens with zero attached hydrogens (tertiary/aromatic N) is 2. The van der Waals surface area contributed by atoms with Crippen LogP contribution in [0.2, 0.25) is 0 Å². The average Bonchev–Trinajstić information content (AvgIpc) is 2.57. The zero-order valence-electron chi connectivity index (χ0n) is 15.1. The van der Waals surface area contributed by atoms with Crippen LogP contribution in [0.5, 0.6) is 0 Å². The third-order valence-corrected chi connectivity index (χ3v) is 6.60. The van der Waals surface area contributed by atoms with Crippen molar-refractivity contribution in [1.82, 2.24) is 0 Å². The van der Waals surface area contributed by atoms with Crippen LogP contribution in [0.4, 0.5) is 11.4 Å². The molecule has 0 spiro atoms. The molecule has 126 valence electrons. The van der Waals surface area contributed by atoms with Crippen molar-refractivity contribution in [2.75, 3.05) is 36.0 Å². The van der Waals surface area contributed by atoms with E-state index in [0.29, 0.717) is 0 Å². The van der Waals surface area contributed by atoms with Crippen molar-refractivity contribution in [2.24, 2.45) is 0 Å². The molecular weight excluding hydrogens is 418 g/mol. The first-order valence-corrected chi connectivity index (χ1v) is 10.4. The average molecular weight is 444 g/mol. The van der Waals surface area contributed by atoms with E-state index >= 15 is 0 Å². The Bertz CT molecular complexity index is 626. The fourth-order valence-corrected chi connectivity index (χ4v) is 3.44. The van der Waals surface area contributed by atoms with Gasteiger partial charge in [-0.25, -0.2) is 0 Å². The van der Waals surface area contributed by atoms with Gasteiger partial charge < -0.3 is 0 Å². The molecule has 2 rings (SSSR count). The van der Waals surface area contributed by atoms with E-state index in [1.54, 1.807) is 0 Å². The number of hydrogen-bond donors (Lipinski definition) is 0. The van der Waals surface area contributed by atoms with Gasteiger partial charge in [0, 0.05) is 0 Å². The van der Waals surface area contributed by atoms with Crippen molar-refractivity contribution in [3.05, 3.63) is 47.5 Å². The first-order valence-electron chi connectivity index (χ1n) is 8.55. The molecule has 4 radical (unpaired) electrons. The molecule has 0 saturated carbocycles. The van der Waals surface area contributed by atoms with Crippen LogP contribution in [-0.2, 0) is 0 Å². The minimum absolute atomic E-state index is 1.03. The van der Waals surface area contributed by atoms with E-state index in [1.165, 1.54) is 31.2 Å². The summed E-state index contributed by atoms with van der Waals surface area (Å²) in [6.45, 7) is 12.9. The molecular formula is C20H26As2N2. The van der Waals surface area contributed by atoms with E-state index < -0.39 is 0 Å². The zero-order chi connectivity index (χ0) is 17.7. The predicted molar refractivity (Wildman–Crippen MR) is 109 cm³/mol. The van der Waals surface area contributed by atoms with E-state index in [2.05, 4.69) is 108 Å². The Morgan fingerprint density at radius 2 is 1.08 bits per heavy atom. The Morgan fingerprint density at radius 1 is 0.708 bits per heavy atom. The van der Waals surface area contributed by atoms with Crippen LogP contribution in [0.3, 0.4) is 0 Å². The first kappa shape index (κ1) is 19.5. The van der Waals surface area contributed by atoms with Gasteiger partial charge in [0.25, 0.3) is 0 Å². The van der Waals surface area contributed by atoms with Crippen molar-refractivity contribution in [2.45, 2.75) is 27.7 Å². The number of benzene rings is 2. The molecule has 0 atom stereocenters. The molecule has 0 heterocycles. The van der Waals surface area contributed by atoms with Gasteiger partial charge in [0.05, 0.1) is 0 Å². The summed E-state index contributed by atoms with van der Waals surface area (Å²) in [6, 6.07) is 13.4. The van der Waals surface area contributed by atoms with Gasteiger partial charge in [-0.05, 0) is 0 Å². The zero-order valence-corrected chi connectivity index (χ0v) is 18.8. The third-order valence-electron chi connectivity index (χ3n) is 4.49. The molecule has 2 aromatic carbocycles. The van der Waals surface area contributed by atoms with Crippen molar-refractivity contribution >= 4 is 53.8 Å². The Balaban J connectivity index is 2.09. The molecule has 0 N–H and O–H groups in total. The first-order chi connectivity index (χ1) is 11.5. The molecule has 24 heavy (non-hydrogen) atoms. The van der Waals surface area contributed by atoms with Gasteiger partial charge in [0.2, 0.25) is 0 Å². The summed E-state index contributed by atoms with van der Waals surface area (Å²) in [6.07, 6.45) is 0. The molecule has 0 aliphatic rings. The van der Waals surface area contributed by atoms with Gasteiger partial charge in [-0.2, -0.15) is 0 Å². The summed E-state index contributed by atoms with van der Waals surface area (Å²) in [5.41, 5.74) is 5.31. The summed E-state index contributed by atoms with van der Waals surface area (Å²) in [4.78, 5) is 4.92. The van der Waals surface area contributed by atoms with Crippen LogP contribution in [-0.4, -0.2) is 59.9 Å².